The monoisotopic (exact) mass is 280 g/mol. The summed E-state index contributed by atoms with van der Waals surface area (Å²) >= 11 is 0. The normalized spacial score (nSPS) is 18.9. The highest BCUT2D eigenvalue weighted by molar-refractivity contribution is 6.04. The van der Waals surface area contributed by atoms with Crippen LogP contribution in [0.4, 0.5) is 4.39 Å². The zero-order valence-electron chi connectivity index (χ0n) is 10.7. The highest BCUT2D eigenvalue weighted by atomic mass is 19.1. The molecule has 2 atom stereocenters. The van der Waals surface area contributed by atoms with Crippen molar-refractivity contribution in [1.82, 2.24) is 5.32 Å². The van der Waals surface area contributed by atoms with Gasteiger partial charge in [0, 0.05) is 12.0 Å². The van der Waals surface area contributed by atoms with E-state index in [0.29, 0.717) is 11.3 Å². The lowest BCUT2D eigenvalue weighted by Crippen LogP contribution is -2.43. The van der Waals surface area contributed by atoms with Crippen LogP contribution in [-0.2, 0) is 14.4 Å². The van der Waals surface area contributed by atoms with E-state index in [4.69, 9.17) is 9.94 Å². The van der Waals surface area contributed by atoms with Gasteiger partial charge in [-0.05, 0) is 19.1 Å². The van der Waals surface area contributed by atoms with Crippen LogP contribution in [0, 0.1) is 5.82 Å². The van der Waals surface area contributed by atoms with Gasteiger partial charge in [0.05, 0.1) is 5.71 Å². The molecule has 2 unspecified atom stereocenters. The van der Waals surface area contributed by atoms with Gasteiger partial charge in [-0.2, -0.15) is 0 Å². The molecule has 0 aromatic heterocycles. The molecule has 1 aromatic rings. The number of rotatable bonds is 4. The van der Waals surface area contributed by atoms with E-state index in [1.807, 2.05) is 0 Å². The third kappa shape index (κ3) is 3.11. The number of aliphatic carboxylic acids is 1. The zero-order valence-corrected chi connectivity index (χ0v) is 10.7. The van der Waals surface area contributed by atoms with Gasteiger partial charge in [-0.25, -0.2) is 4.39 Å². The molecule has 0 bridgehead atoms. The Morgan fingerprint density at radius 1 is 1.55 bits per heavy atom. The van der Waals surface area contributed by atoms with Crippen molar-refractivity contribution in [1.29, 1.82) is 0 Å². The summed E-state index contributed by atoms with van der Waals surface area (Å²) in [5.41, 5.74) is 0.985. The molecule has 2 rings (SSSR count). The highest BCUT2D eigenvalue weighted by Crippen LogP contribution is 2.17. The Kier molecular flexibility index (Phi) is 3.97. The van der Waals surface area contributed by atoms with Gasteiger partial charge in [-0.1, -0.05) is 17.3 Å². The number of amides is 1. The maximum Gasteiger partial charge on any atom is 0.325 e. The third-order valence-electron chi connectivity index (χ3n) is 2.85. The largest absolute Gasteiger partial charge is 0.480 e. The Bertz CT molecular complexity index is 573. The predicted octanol–water partition coefficient (Wildman–Crippen LogP) is 0.908. The third-order valence-corrected chi connectivity index (χ3v) is 2.85. The molecule has 6 nitrogen and oxygen atoms in total. The second kappa shape index (κ2) is 5.68. The van der Waals surface area contributed by atoms with Gasteiger partial charge in [-0.15, -0.1) is 0 Å². The van der Waals surface area contributed by atoms with Gasteiger partial charge in [0.1, 0.15) is 11.9 Å². The van der Waals surface area contributed by atoms with E-state index in [1.165, 1.54) is 25.1 Å². The van der Waals surface area contributed by atoms with Crippen molar-refractivity contribution >= 4 is 17.6 Å². The molecule has 0 fully saturated rings. The molecule has 0 spiro atoms. The summed E-state index contributed by atoms with van der Waals surface area (Å²) in [5, 5.41) is 14.7. The minimum atomic E-state index is -1.14. The zero-order chi connectivity index (χ0) is 14.7. The first-order chi connectivity index (χ1) is 9.47. The van der Waals surface area contributed by atoms with Crippen molar-refractivity contribution in [3.63, 3.8) is 0 Å². The molecule has 0 saturated carbocycles. The molecule has 0 radical (unpaired) electrons. The molecule has 1 aliphatic heterocycles. The fourth-order valence-corrected chi connectivity index (χ4v) is 1.72. The average molecular weight is 280 g/mol. The lowest BCUT2D eigenvalue weighted by Gasteiger charge is -2.12. The second-order valence-corrected chi connectivity index (χ2v) is 4.42. The molecule has 1 heterocycles. The predicted molar refractivity (Wildman–Crippen MR) is 67.7 cm³/mol. The van der Waals surface area contributed by atoms with Gasteiger partial charge >= 0.3 is 5.97 Å². The van der Waals surface area contributed by atoms with E-state index >= 15 is 0 Å². The Morgan fingerprint density at radius 3 is 2.95 bits per heavy atom. The Balaban J connectivity index is 1.98. The van der Waals surface area contributed by atoms with E-state index in [0.717, 1.165) is 0 Å². The number of carboxylic acids is 1. The van der Waals surface area contributed by atoms with Crippen molar-refractivity contribution in [2.45, 2.75) is 25.5 Å². The molecular weight excluding hydrogens is 267 g/mol. The summed E-state index contributed by atoms with van der Waals surface area (Å²) in [5.74, 6) is -2.10. The molecule has 1 aliphatic rings. The van der Waals surface area contributed by atoms with E-state index in [-0.39, 0.29) is 6.42 Å². The molecule has 1 amide bonds. The van der Waals surface area contributed by atoms with Gasteiger partial charge in [-0.3, -0.25) is 9.59 Å². The van der Waals surface area contributed by atoms with Crippen molar-refractivity contribution in [2.75, 3.05) is 0 Å². The van der Waals surface area contributed by atoms with Crippen LogP contribution in [-0.4, -0.2) is 34.8 Å². The summed E-state index contributed by atoms with van der Waals surface area (Å²) in [6.07, 6.45) is -0.725. The molecule has 7 heteroatoms. The Morgan fingerprint density at radius 2 is 2.30 bits per heavy atom. The minimum Gasteiger partial charge on any atom is -0.480 e. The van der Waals surface area contributed by atoms with E-state index in [1.54, 1.807) is 6.07 Å². The topological polar surface area (TPSA) is 88.0 Å². The van der Waals surface area contributed by atoms with Crippen molar-refractivity contribution in [3.8, 4) is 0 Å². The standard InChI is InChI=1S/C13H13FN2O4/c1-7(13(18)19)15-12(17)11-6-10(16-20-11)8-3-2-4-9(14)5-8/h2-5,7,11H,6H2,1H3,(H,15,17)(H,18,19). The van der Waals surface area contributed by atoms with Crippen LogP contribution in [0.15, 0.2) is 29.4 Å². The number of carbonyl (C=O) groups excluding carboxylic acids is 1. The van der Waals surface area contributed by atoms with Crippen LogP contribution < -0.4 is 5.32 Å². The minimum absolute atomic E-state index is 0.168. The van der Waals surface area contributed by atoms with Crippen molar-refractivity contribution in [3.05, 3.63) is 35.6 Å². The van der Waals surface area contributed by atoms with Crippen LogP contribution in [0.1, 0.15) is 18.9 Å². The van der Waals surface area contributed by atoms with Gasteiger partial charge in [0.15, 0.2) is 0 Å². The molecule has 0 aliphatic carbocycles. The fraction of sp³-hybridized carbons (Fsp3) is 0.308. The summed E-state index contributed by atoms with van der Waals surface area (Å²) < 4.78 is 13.1. The maximum absolute atomic E-state index is 13.1. The molecular formula is C13H13FN2O4. The molecule has 20 heavy (non-hydrogen) atoms. The van der Waals surface area contributed by atoms with Gasteiger partial charge in [0.2, 0.25) is 6.10 Å². The van der Waals surface area contributed by atoms with Crippen LogP contribution in [0.3, 0.4) is 0 Å². The molecule has 2 N–H and O–H groups in total. The molecule has 0 saturated heterocycles. The Labute approximate surface area is 114 Å². The Hall–Kier alpha value is -2.44. The molecule has 1 aromatic carbocycles. The smallest absolute Gasteiger partial charge is 0.325 e. The molecule has 106 valence electrons. The number of hydrogen-bond donors (Lipinski definition) is 2. The van der Waals surface area contributed by atoms with E-state index in [2.05, 4.69) is 10.5 Å². The summed E-state index contributed by atoms with van der Waals surface area (Å²) in [6, 6.07) is 4.78. The number of oxime groups is 1. The number of nitrogens with one attached hydrogen (secondary N) is 1. The summed E-state index contributed by atoms with van der Waals surface area (Å²) in [7, 11) is 0. The van der Waals surface area contributed by atoms with Crippen LogP contribution >= 0.6 is 0 Å². The summed E-state index contributed by atoms with van der Waals surface area (Å²) in [6.45, 7) is 1.35. The van der Waals surface area contributed by atoms with Crippen LogP contribution in [0.2, 0.25) is 0 Å². The number of carbonyl (C=O) groups is 2. The first-order valence-electron chi connectivity index (χ1n) is 5.99. The first-order valence-corrected chi connectivity index (χ1v) is 5.99. The lowest BCUT2D eigenvalue weighted by atomic mass is 10.0. The van der Waals surface area contributed by atoms with Crippen LogP contribution in [0.25, 0.3) is 0 Å². The van der Waals surface area contributed by atoms with Crippen LogP contribution in [0.5, 0.6) is 0 Å². The average Bonchev–Trinajstić information content (AvgIpc) is 2.88. The quantitative estimate of drug-likeness (QED) is 0.858. The second-order valence-electron chi connectivity index (χ2n) is 4.42. The lowest BCUT2D eigenvalue weighted by molar-refractivity contribution is -0.143. The number of halogens is 1. The van der Waals surface area contributed by atoms with Crippen molar-refractivity contribution in [2.24, 2.45) is 5.16 Å². The number of carboxylic acid groups (broad SMARTS) is 1. The fourth-order valence-electron chi connectivity index (χ4n) is 1.72. The first kappa shape index (κ1) is 14.0. The maximum atomic E-state index is 13.1. The SMILES string of the molecule is CC(NC(=O)C1CC(c2cccc(F)c2)=NO1)C(=O)O. The van der Waals surface area contributed by atoms with Gasteiger partial charge < -0.3 is 15.3 Å². The highest BCUT2D eigenvalue weighted by Gasteiger charge is 2.30. The summed E-state index contributed by atoms with van der Waals surface area (Å²) in [4.78, 5) is 27.4. The van der Waals surface area contributed by atoms with E-state index < -0.39 is 29.8 Å². The van der Waals surface area contributed by atoms with E-state index in [9.17, 15) is 14.0 Å². The number of nitrogens with zero attached hydrogens (tertiary/aromatic N) is 1. The van der Waals surface area contributed by atoms with Crippen molar-refractivity contribution < 1.29 is 23.9 Å². The van der Waals surface area contributed by atoms with Gasteiger partial charge in [0.25, 0.3) is 5.91 Å². The number of hydrogen-bond acceptors (Lipinski definition) is 4. The number of benzene rings is 1.